The summed E-state index contributed by atoms with van der Waals surface area (Å²) in [5.41, 5.74) is 10.5. The zero-order valence-electron chi connectivity index (χ0n) is 12.3. The first kappa shape index (κ1) is 20.5. The summed E-state index contributed by atoms with van der Waals surface area (Å²) in [7, 11) is 0. The number of nitrogens with two attached hydrogens (primary N) is 2. The number of ether oxygens (including phenoxy) is 1. The van der Waals surface area contributed by atoms with E-state index in [9.17, 15) is 15.0 Å². The van der Waals surface area contributed by atoms with Gasteiger partial charge in [-0.2, -0.15) is 0 Å². The number of guanidine groups is 1. The highest BCUT2D eigenvalue weighted by molar-refractivity contribution is 5.85. The highest BCUT2D eigenvalue weighted by Crippen LogP contribution is 2.28. The van der Waals surface area contributed by atoms with Crippen LogP contribution >= 0.6 is 0 Å². The van der Waals surface area contributed by atoms with Gasteiger partial charge in [-0.05, 0) is 6.08 Å². The van der Waals surface area contributed by atoms with E-state index in [4.69, 9.17) is 36.6 Å². The molecule has 0 radical (unpaired) electrons. The van der Waals surface area contributed by atoms with E-state index in [0.29, 0.717) is 0 Å². The fourth-order valence-corrected chi connectivity index (χ4v) is 1.95. The van der Waals surface area contributed by atoms with Gasteiger partial charge in [0.05, 0.1) is 12.6 Å². The molecule has 9 N–H and O–H groups in total. The minimum Gasteiger partial charge on any atom is -0.480 e. The Morgan fingerprint density at radius 1 is 1.52 bits per heavy atom. The van der Waals surface area contributed by atoms with Crippen LogP contribution in [0.4, 0.5) is 0 Å². The largest absolute Gasteiger partial charge is 0.480 e. The lowest BCUT2D eigenvalue weighted by atomic mass is 9.88. The van der Waals surface area contributed by atoms with Gasteiger partial charge in [0.15, 0.2) is 5.96 Å². The Kier molecular flexibility index (Phi) is 8.52. The minimum atomic E-state index is -1.48. The van der Waals surface area contributed by atoms with Crippen molar-refractivity contribution in [3.8, 4) is 0 Å². The molecule has 0 unspecified atom stereocenters. The minimum absolute atomic E-state index is 0.235. The van der Waals surface area contributed by atoms with E-state index >= 15 is 0 Å². The number of carbonyl (C=O) groups is 1. The number of aliphatic hydroxyl groups is 3. The molecule has 0 saturated carbocycles. The number of carboxylic acids is 1. The number of carbonyl (C=O) groups excluding carboxylic acids is 1. The van der Waals surface area contributed by atoms with E-state index in [1.807, 2.05) is 0 Å². The van der Waals surface area contributed by atoms with Crippen molar-refractivity contribution in [1.29, 1.82) is 5.41 Å². The van der Waals surface area contributed by atoms with Gasteiger partial charge in [-0.1, -0.05) is 6.92 Å². The molecule has 0 aliphatic carbocycles. The van der Waals surface area contributed by atoms with E-state index in [2.05, 4.69) is 4.99 Å². The number of isocyanates is 1. The Morgan fingerprint density at radius 2 is 2.04 bits per heavy atom. The number of aliphatic hydroxyl groups excluding tert-OH is 3. The lowest BCUT2D eigenvalue weighted by Crippen LogP contribution is -2.49. The Bertz CT molecular complexity index is 498. The summed E-state index contributed by atoms with van der Waals surface area (Å²) in [4.78, 5) is 23.2. The van der Waals surface area contributed by atoms with E-state index in [0.717, 1.165) is 6.08 Å². The van der Waals surface area contributed by atoms with Gasteiger partial charge >= 0.3 is 5.97 Å². The second-order valence-electron chi connectivity index (χ2n) is 4.66. The molecule has 1 rings (SSSR count). The fourth-order valence-electron chi connectivity index (χ4n) is 1.95. The molecule has 11 nitrogen and oxygen atoms in total. The number of aliphatic imine (C=N–C) groups is 1. The maximum atomic E-state index is 11.0. The lowest BCUT2D eigenvalue weighted by molar-refractivity contribution is -0.146. The van der Waals surface area contributed by atoms with Gasteiger partial charge in [-0.15, -0.1) is 0 Å². The number of aliphatic carboxylic acids is 1. The predicted octanol–water partition coefficient (Wildman–Crippen LogP) is -2.75. The number of rotatable bonds is 5. The van der Waals surface area contributed by atoms with Crippen LogP contribution < -0.4 is 11.5 Å². The zero-order chi connectivity index (χ0) is 18.2. The maximum Gasteiger partial charge on any atom is 0.370 e. The number of hydrogen-bond donors (Lipinski definition) is 7. The molecule has 0 aromatic heterocycles. The maximum absolute atomic E-state index is 11.0. The number of nitrogens with one attached hydrogen (secondary N) is 1. The van der Waals surface area contributed by atoms with Gasteiger partial charge in [-0.25, -0.2) is 20.0 Å². The van der Waals surface area contributed by atoms with Crippen LogP contribution in [0.15, 0.2) is 16.8 Å². The summed E-state index contributed by atoms with van der Waals surface area (Å²) >= 11 is 0. The van der Waals surface area contributed by atoms with Crippen LogP contribution in [0.2, 0.25) is 0 Å². The topological polar surface area (TPSA) is 213 Å². The van der Waals surface area contributed by atoms with Crippen LogP contribution in [0.25, 0.3) is 0 Å². The number of carboxylic acid groups (broad SMARTS) is 1. The predicted molar refractivity (Wildman–Crippen MR) is 76.9 cm³/mol. The van der Waals surface area contributed by atoms with Gasteiger partial charge in [-0.3, -0.25) is 0 Å². The summed E-state index contributed by atoms with van der Waals surface area (Å²) in [6, 6.07) is -0.717. The van der Waals surface area contributed by atoms with Crippen molar-refractivity contribution < 1.29 is 34.8 Å². The molecular formula is C12H20N4O7. The average Bonchev–Trinajstić information content (AvgIpc) is 2.47. The molecule has 1 aliphatic rings. The zero-order valence-corrected chi connectivity index (χ0v) is 12.3. The lowest BCUT2D eigenvalue weighted by Gasteiger charge is -2.36. The Labute approximate surface area is 131 Å². The molecule has 0 aromatic carbocycles. The SMILES string of the molecule is C[C@H]1[C@H]([C@H](O)[C@H](O)CO)OC(C(=O)O)=C[C@@H]1N=C(N)N.N=C=O. The van der Waals surface area contributed by atoms with Crippen molar-refractivity contribution in [2.75, 3.05) is 6.61 Å². The van der Waals surface area contributed by atoms with E-state index in [-0.39, 0.29) is 5.96 Å². The molecule has 5 atom stereocenters. The van der Waals surface area contributed by atoms with Crippen molar-refractivity contribution in [2.24, 2.45) is 22.4 Å². The molecule has 1 heterocycles. The van der Waals surface area contributed by atoms with Gasteiger partial charge in [0.1, 0.15) is 18.3 Å². The third kappa shape index (κ3) is 6.04. The number of hydrogen-bond acceptors (Lipinski definition) is 8. The highest BCUT2D eigenvalue weighted by atomic mass is 16.5. The van der Waals surface area contributed by atoms with Crippen molar-refractivity contribution >= 4 is 18.0 Å². The second-order valence-corrected chi connectivity index (χ2v) is 4.66. The Hall–Kier alpha value is -2.46. The molecule has 0 amide bonds. The van der Waals surface area contributed by atoms with Crippen molar-refractivity contribution in [3.63, 3.8) is 0 Å². The van der Waals surface area contributed by atoms with Crippen LogP contribution in [0.3, 0.4) is 0 Å². The van der Waals surface area contributed by atoms with Crippen LogP contribution in [0.1, 0.15) is 6.92 Å². The summed E-state index contributed by atoms with van der Waals surface area (Å²) in [6.07, 6.45) is -2.03. The third-order valence-electron chi connectivity index (χ3n) is 3.07. The quantitative estimate of drug-likeness (QED) is 0.157. The smallest absolute Gasteiger partial charge is 0.370 e. The second kappa shape index (κ2) is 9.54. The summed E-state index contributed by atoms with van der Waals surface area (Å²) in [6.45, 7) is 0.942. The molecular weight excluding hydrogens is 312 g/mol. The van der Waals surface area contributed by atoms with Gasteiger partial charge in [0, 0.05) is 5.92 Å². The van der Waals surface area contributed by atoms with Crippen molar-refractivity contribution in [2.45, 2.75) is 31.3 Å². The Morgan fingerprint density at radius 3 is 2.43 bits per heavy atom. The first-order chi connectivity index (χ1) is 10.7. The van der Waals surface area contributed by atoms with Crippen LogP contribution in [-0.4, -0.2) is 69.4 Å². The third-order valence-corrected chi connectivity index (χ3v) is 3.07. The van der Waals surface area contributed by atoms with Crippen molar-refractivity contribution in [1.82, 2.24) is 0 Å². The average molecular weight is 332 g/mol. The molecule has 23 heavy (non-hydrogen) atoms. The molecule has 130 valence electrons. The standard InChI is InChI=1S/C11H19N3O6.CHNO/c1-4-5(14-11(12)13)2-7(10(18)19)20-9(4)8(17)6(16)3-15;2-1-3/h2,4-6,8-9,15-17H,3H2,1H3,(H,18,19)(H4,12,13,14);2H/t4-,5+,6-,8-,9-;/m1./s1. The van der Waals surface area contributed by atoms with E-state index in [1.165, 1.54) is 6.08 Å². The molecule has 1 aliphatic heterocycles. The molecule has 0 fully saturated rings. The molecule has 0 saturated heterocycles. The van der Waals surface area contributed by atoms with Crippen molar-refractivity contribution in [3.05, 3.63) is 11.8 Å². The molecule has 0 bridgehead atoms. The van der Waals surface area contributed by atoms with Crippen LogP contribution in [0.5, 0.6) is 0 Å². The fraction of sp³-hybridized carbons (Fsp3) is 0.583. The van der Waals surface area contributed by atoms with Gasteiger partial charge in [0.25, 0.3) is 0 Å². The Balaban J connectivity index is 0.00000149. The van der Waals surface area contributed by atoms with Gasteiger partial charge < -0.3 is 36.6 Å². The molecule has 0 aromatic rings. The summed E-state index contributed by atoms with van der Waals surface area (Å²) < 4.78 is 5.15. The normalized spacial score (nSPS) is 25.4. The first-order valence-electron chi connectivity index (χ1n) is 6.40. The van der Waals surface area contributed by atoms with E-state index in [1.54, 1.807) is 6.92 Å². The van der Waals surface area contributed by atoms with Gasteiger partial charge in [0.2, 0.25) is 11.8 Å². The summed E-state index contributed by atoms with van der Waals surface area (Å²) in [5, 5.41) is 42.6. The number of nitrogens with zero attached hydrogens (tertiary/aromatic N) is 1. The highest BCUT2D eigenvalue weighted by Gasteiger charge is 2.40. The van der Waals surface area contributed by atoms with Crippen LogP contribution in [-0.2, 0) is 14.3 Å². The molecule has 11 heteroatoms. The van der Waals surface area contributed by atoms with E-state index < -0.39 is 48.6 Å². The van der Waals surface area contributed by atoms with Crippen LogP contribution in [0, 0.1) is 11.3 Å². The first-order valence-corrected chi connectivity index (χ1v) is 6.40. The monoisotopic (exact) mass is 332 g/mol. The molecule has 0 spiro atoms. The summed E-state index contributed by atoms with van der Waals surface area (Å²) in [5.74, 6) is -2.51.